The van der Waals surface area contributed by atoms with Crippen LogP contribution >= 0.6 is 0 Å². The maximum absolute atomic E-state index is 6.16. The number of rotatable bonds is 4. The highest BCUT2D eigenvalue weighted by molar-refractivity contribution is 5.24. The average Bonchev–Trinajstić information content (AvgIpc) is 2.83. The third-order valence-corrected chi connectivity index (χ3v) is 3.48. The van der Waals surface area contributed by atoms with Gasteiger partial charge in [0, 0.05) is 32.0 Å². The summed E-state index contributed by atoms with van der Waals surface area (Å²) in [5.41, 5.74) is 10.7. The van der Waals surface area contributed by atoms with Crippen LogP contribution in [0.25, 0.3) is 0 Å². The van der Waals surface area contributed by atoms with E-state index >= 15 is 0 Å². The summed E-state index contributed by atoms with van der Waals surface area (Å²) in [5.74, 6) is 0. The first-order chi connectivity index (χ1) is 8.49. The van der Waals surface area contributed by atoms with Gasteiger partial charge in [0.25, 0.3) is 0 Å². The summed E-state index contributed by atoms with van der Waals surface area (Å²) in [6.45, 7) is 4.15. The number of hydrogen-bond acceptors (Lipinski definition) is 3. The number of nitrogens with two attached hydrogens (primary N) is 1. The van der Waals surface area contributed by atoms with Crippen molar-refractivity contribution in [1.29, 1.82) is 0 Å². The summed E-state index contributed by atoms with van der Waals surface area (Å²) in [6.07, 6.45) is 3.77. The molecule has 18 heavy (non-hydrogen) atoms. The van der Waals surface area contributed by atoms with Crippen LogP contribution in [0.4, 0.5) is 0 Å². The molecule has 1 atom stereocenters. The molecule has 5 heteroatoms. The van der Waals surface area contributed by atoms with Crippen LogP contribution in [0, 0.1) is 13.8 Å². The van der Waals surface area contributed by atoms with Gasteiger partial charge in [-0.3, -0.25) is 9.36 Å². The molecule has 1 unspecified atom stereocenters. The molecule has 0 saturated heterocycles. The summed E-state index contributed by atoms with van der Waals surface area (Å²) in [4.78, 5) is 0. The molecular weight excluding hydrogens is 226 g/mol. The Bertz CT molecular complexity index is 538. The zero-order chi connectivity index (χ0) is 13.3. The Labute approximate surface area is 108 Å². The first kappa shape index (κ1) is 12.8. The predicted octanol–water partition coefficient (Wildman–Crippen LogP) is 1.40. The van der Waals surface area contributed by atoms with Gasteiger partial charge in [0.15, 0.2) is 0 Å². The molecule has 0 aromatic carbocycles. The molecule has 0 bridgehead atoms. The lowest BCUT2D eigenvalue weighted by molar-refractivity contribution is 0.611. The van der Waals surface area contributed by atoms with Crippen molar-refractivity contribution in [3.63, 3.8) is 0 Å². The van der Waals surface area contributed by atoms with Gasteiger partial charge < -0.3 is 5.73 Å². The molecule has 2 aromatic rings. The Morgan fingerprint density at radius 1 is 1.28 bits per heavy atom. The molecule has 0 spiro atoms. The Hall–Kier alpha value is -1.62. The smallest absolute Gasteiger partial charge is 0.0791 e. The number of nitrogens with zero attached hydrogens (tertiary/aromatic N) is 4. The zero-order valence-electron chi connectivity index (χ0n) is 11.5. The number of hydrogen-bond donors (Lipinski definition) is 1. The van der Waals surface area contributed by atoms with Crippen LogP contribution in [0.15, 0.2) is 12.3 Å². The molecule has 0 radical (unpaired) electrons. The van der Waals surface area contributed by atoms with E-state index in [9.17, 15) is 0 Å². The van der Waals surface area contributed by atoms with E-state index < -0.39 is 0 Å². The van der Waals surface area contributed by atoms with E-state index in [2.05, 4.69) is 24.0 Å². The first-order valence-electron chi connectivity index (χ1n) is 6.23. The number of aromatic nitrogens is 4. The fraction of sp³-hybridized carbons (Fsp3) is 0.538. The minimum atomic E-state index is -0.00907. The van der Waals surface area contributed by atoms with Crippen molar-refractivity contribution in [2.45, 2.75) is 32.7 Å². The van der Waals surface area contributed by atoms with E-state index in [1.807, 2.05) is 31.0 Å². The molecule has 5 nitrogen and oxygen atoms in total. The minimum absolute atomic E-state index is 0.00907. The topological polar surface area (TPSA) is 61.7 Å². The molecule has 0 aliphatic carbocycles. The van der Waals surface area contributed by atoms with E-state index in [-0.39, 0.29) is 6.04 Å². The highest BCUT2D eigenvalue weighted by Crippen LogP contribution is 2.19. The molecule has 0 amide bonds. The molecule has 98 valence electrons. The van der Waals surface area contributed by atoms with Crippen molar-refractivity contribution in [1.82, 2.24) is 19.6 Å². The van der Waals surface area contributed by atoms with Crippen LogP contribution in [-0.4, -0.2) is 19.6 Å². The van der Waals surface area contributed by atoms with Gasteiger partial charge in [-0.1, -0.05) is 0 Å². The fourth-order valence-electron chi connectivity index (χ4n) is 2.26. The molecule has 2 rings (SSSR count). The van der Waals surface area contributed by atoms with Crippen LogP contribution in [0.1, 0.15) is 35.1 Å². The monoisotopic (exact) mass is 247 g/mol. The SMILES string of the molecule is Cc1nn(C)c(C)c1CCC(N)c1ccn(C)n1. The van der Waals surface area contributed by atoms with E-state index in [1.165, 1.54) is 11.3 Å². The summed E-state index contributed by atoms with van der Waals surface area (Å²) in [7, 11) is 3.89. The lowest BCUT2D eigenvalue weighted by Gasteiger charge is -2.09. The van der Waals surface area contributed by atoms with Gasteiger partial charge in [-0.25, -0.2) is 0 Å². The molecule has 2 aromatic heterocycles. The van der Waals surface area contributed by atoms with Crippen molar-refractivity contribution in [2.75, 3.05) is 0 Å². The van der Waals surface area contributed by atoms with Gasteiger partial charge in [-0.15, -0.1) is 0 Å². The van der Waals surface area contributed by atoms with Crippen molar-refractivity contribution < 1.29 is 0 Å². The second-order valence-corrected chi connectivity index (χ2v) is 4.83. The van der Waals surface area contributed by atoms with Gasteiger partial charge in [-0.05, 0) is 38.3 Å². The minimum Gasteiger partial charge on any atom is -0.323 e. The summed E-state index contributed by atoms with van der Waals surface area (Å²) in [6, 6.07) is 1.97. The normalized spacial score (nSPS) is 12.9. The van der Waals surface area contributed by atoms with Crippen molar-refractivity contribution >= 4 is 0 Å². The van der Waals surface area contributed by atoms with Gasteiger partial charge in [-0.2, -0.15) is 10.2 Å². The zero-order valence-corrected chi connectivity index (χ0v) is 11.5. The highest BCUT2D eigenvalue weighted by Gasteiger charge is 2.13. The van der Waals surface area contributed by atoms with Crippen LogP contribution in [0.3, 0.4) is 0 Å². The lowest BCUT2D eigenvalue weighted by atomic mass is 10.0. The van der Waals surface area contributed by atoms with Crippen molar-refractivity contribution in [3.05, 3.63) is 34.9 Å². The Balaban J connectivity index is 2.03. The maximum atomic E-state index is 6.16. The van der Waals surface area contributed by atoms with Gasteiger partial charge in [0.1, 0.15) is 0 Å². The van der Waals surface area contributed by atoms with E-state index in [4.69, 9.17) is 5.73 Å². The van der Waals surface area contributed by atoms with Crippen LogP contribution in [0.2, 0.25) is 0 Å². The van der Waals surface area contributed by atoms with Crippen LogP contribution < -0.4 is 5.73 Å². The Kier molecular flexibility index (Phi) is 3.52. The summed E-state index contributed by atoms with van der Waals surface area (Å²) in [5, 5.41) is 8.77. The lowest BCUT2D eigenvalue weighted by Crippen LogP contribution is -2.13. The molecule has 0 aliphatic rings. The van der Waals surface area contributed by atoms with Gasteiger partial charge in [0.2, 0.25) is 0 Å². The maximum Gasteiger partial charge on any atom is 0.0791 e. The molecule has 2 N–H and O–H groups in total. The molecule has 2 heterocycles. The van der Waals surface area contributed by atoms with Gasteiger partial charge >= 0.3 is 0 Å². The van der Waals surface area contributed by atoms with E-state index in [1.54, 1.807) is 4.68 Å². The van der Waals surface area contributed by atoms with E-state index in [0.29, 0.717) is 0 Å². The number of aryl methyl sites for hydroxylation is 3. The van der Waals surface area contributed by atoms with Gasteiger partial charge in [0.05, 0.1) is 11.4 Å². The van der Waals surface area contributed by atoms with Crippen molar-refractivity contribution in [2.24, 2.45) is 19.8 Å². The Morgan fingerprint density at radius 2 is 2.00 bits per heavy atom. The summed E-state index contributed by atoms with van der Waals surface area (Å²) < 4.78 is 3.72. The predicted molar refractivity (Wildman–Crippen MR) is 71.1 cm³/mol. The molecule has 0 aliphatic heterocycles. The second kappa shape index (κ2) is 4.94. The standard InChI is InChI=1S/C13H21N5/c1-9-11(10(2)18(4)15-9)5-6-12(14)13-7-8-17(3)16-13/h7-8,12H,5-6,14H2,1-4H3. The summed E-state index contributed by atoms with van der Waals surface area (Å²) >= 11 is 0. The largest absolute Gasteiger partial charge is 0.323 e. The highest BCUT2D eigenvalue weighted by atomic mass is 15.3. The third-order valence-electron chi connectivity index (χ3n) is 3.48. The fourth-order valence-corrected chi connectivity index (χ4v) is 2.26. The molecule has 0 fully saturated rings. The van der Waals surface area contributed by atoms with E-state index in [0.717, 1.165) is 24.2 Å². The molecular formula is C13H21N5. The van der Waals surface area contributed by atoms with Crippen molar-refractivity contribution in [3.8, 4) is 0 Å². The van der Waals surface area contributed by atoms with Crippen LogP contribution in [0.5, 0.6) is 0 Å². The molecule has 0 saturated carbocycles. The third kappa shape index (κ3) is 2.46. The average molecular weight is 247 g/mol. The Morgan fingerprint density at radius 3 is 2.50 bits per heavy atom. The first-order valence-corrected chi connectivity index (χ1v) is 6.23. The second-order valence-electron chi connectivity index (χ2n) is 4.83. The van der Waals surface area contributed by atoms with Crippen LogP contribution in [-0.2, 0) is 20.5 Å². The quantitative estimate of drug-likeness (QED) is 0.888.